The van der Waals surface area contributed by atoms with Gasteiger partial charge in [0.05, 0.1) is 13.7 Å². The standard InChI is InChI=1S/C19H23FN2O2S/c1-4-22(12-14-5-10-18(24-2)17(20)11-14)13-19(23)21-15-6-8-16(25-3)9-7-15/h5-11H,4,12-13H2,1-3H3,(H,21,23). The van der Waals surface area contributed by atoms with E-state index in [9.17, 15) is 9.18 Å². The largest absolute Gasteiger partial charge is 0.494 e. The van der Waals surface area contributed by atoms with Gasteiger partial charge in [-0.05, 0) is 54.8 Å². The van der Waals surface area contributed by atoms with Crippen LogP contribution in [-0.2, 0) is 11.3 Å². The molecule has 1 N–H and O–H groups in total. The molecule has 0 bridgehead atoms. The van der Waals surface area contributed by atoms with Crippen molar-refractivity contribution in [3.05, 3.63) is 53.8 Å². The zero-order valence-corrected chi connectivity index (χ0v) is 15.5. The smallest absolute Gasteiger partial charge is 0.238 e. The number of rotatable bonds is 8. The predicted molar refractivity (Wildman–Crippen MR) is 101 cm³/mol. The van der Waals surface area contributed by atoms with Gasteiger partial charge in [0.2, 0.25) is 5.91 Å². The van der Waals surface area contributed by atoms with Crippen molar-refractivity contribution < 1.29 is 13.9 Å². The molecule has 0 radical (unpaired) electrons. The van der Waals surface area contributed by atoms with Gasteiger partial charge in [0.1, 0.15) is 0 Å². The summed E-state index contributed by atoms with van der Waals surface area (Å²) in [6.07, 6.45) is 2.01. The maximum Gasteiger partial charge on any atom is 0.238 e. The third-order valence-electron chi connectivity index (χ3n) is 3.81. The molecule has 0 aliphatic carbocycles. The van der Waals surface area contributed by atoms with Gasteiger partial charge < -0.3 is 10.1 Å². The van der Waals surface area contributed by atoms with E-state index >= 15 is 0 Å². The van der Waals surface area contributed by atoms with Crippen LogP contribution in [0, 0.1) is 5.82 Å². The SMILES string of the molecule is CCN(CC(=O)Nc1ccc(SC)cc1)Cc1ccc(OC)c(F)c1. The van der Waals surface area contributed by atoms with Crippen molar-refractivity contribution in [3.63, 3.8) is 0 Å². The lowest BCUT2D eigenvalue weighted by atomic mass is 10.2. The van der Waals surface area contributed by atoms with E-state index in [0.29, 0.717) is 13.1 Å². The van der Waals surface area contributed by atoms with Gasteiger partial charge in [-0.15, -0.1) is 11.8 Å². The summed E-state index contributed by atoms with van der Waals surface area (Å²) >= 11 is 1.66. The van der Waals surface area contributed by atoms with Crippen LogP contribution in [0.15, 0.2) is 47.4 Å². The highest BCUT2D eigenvalue weighted by Gasteiger charge is 2.12. The fourth-order valence-electron chi connectivity index (χ4n) is 2.42. The second-order valence-electron chi connectivity index (χ2n) is 5.55. The molecule has 0 saturated heterocycles. The number of carbonyl (C=O) groups is 1. The Morgan fingerprint density at radius 1 is 1.24 bits per heavy atom. The van der Waals surface area contributed by atoms with E-state index in [-0.39, 0.29) is 18.2 Å². The van der Waals surface area contributed by atoms with Crippen molar-refractivity contribution in [2.24, 2.45) is 0 Å². The van der Waals surface area contributed by atoms with Crippen LogP contribution in [0.25, 0.3) is 0 Å². The maximum absolute atomic E-state index is 13.8. The van der Waals surface area contributed by atoms with Crippen LogP contribution in [0.4, 0.5) is 10.1 Å². The number of nitrogens with zero attached hydrogens (tertiary/aromatic N) is 1. The minimum atomic E-state index is -0.394. The van der Waals surface area contributed by atoms with E-state index in [1.807, 2.05) is 48.4 Å². The first-order valence-electron chi connectivity index (χ1n) is 8.04. The molecule has 0 atom stereocenters. The molecule has 0 aliphatic rings. The van der Waals surface area contributed by atoms with E-state index in [4.69, 9.17) is 4.74 Å². The normalized spacial score (nSPS) is 10.8. The Labute approximate surface area is 152 Å². The van der Waals surface area contributed by atoms with Crippen LogP contribution in [0.2, 0.25) is 0 Å². The first-order chi connectivity index (χ1) is 12.0. The second-order valence-corrected chi connectivity index (χ2v) is 6.43. The van der Waals surface area contributed by atoms with Crippen LogP contribution >= 0.6 is 11.8 Å². The summed E-state index contributed by atoms with van der Waals surface area (Å²) < 4.78 is 18.7. The molecule has 25 heavy (non-hydrogen) atoms. The average Bonchev–Trinajstić information content (AvgIpc) is 2.62. The molecule has 0 saturated carbocycles. The molecular formula is C19H23FN2O2S. The number of carbonyl (C=O) groups excluding carboxylic acids is 1. The molecule has 0 heterocycles. The highest BCUT2D eigenvalue weighted by Crippen LogP contribution is 2.19. The molecule has 6 heteroatoms. The Morgan fingerprint density at radius 2 is 1.96 bits per heavy atom. The zero-order valence-electron chi connectivity index (χ0n) is 14.7. The summed E-state index contributed by atoms with van der Waals surface area (Å²) in [5.41, 5.74) is 1.58. The van der Waals surface area contributed by atoms with Crippen LogP contribution in [0.5, 0.6) is 5.75 Å². The van der Waals surface area contributed by atoms with Crippen molar-refractivity contribution >= 4 is 23.4 Å². The number of thioether (sulfide) groups is 1. The second kappa shape index (κ2) is 9.44. The van der Waals surface area contributed by atoms with E-state index in [0.717, 1.165) is 16.1 Å². The van der Waals surface area contributed by atoms with Gasteiger partial charge in [-0.1, -0.05) is 13.0 Å². The van der Waals surface area contributed by atoms with Gasteiger partial charge in [0.15, 0.2) is 11.6 Å². The number of halogens is 1. The van der Waals surface area contributed by atoms with Gasteiger partial charge >= 0.3 is 0 Å². The fraction of sp³-hybridized carbons (Fsp3) is 0.316. The van der Waals surface area contributed by atoms with Gasteiger partial charge in [-0.2, -0.15) is 0 Å². The lowest BCUT2D eigenvalue weighted by Gasteiger charge is -2.20. The lowest BCUT2D eigenvalue weighted by Crippen LogP contribution is -2.32. The topological polar surface area (TPSA) is 41.6 Å². The number of ether oxygens (including phenoxy) is 1. The number of hydrogen-bond acceptors (Lipinski definition) is 4. The summed E-state index contributed by atoms with van der Waals surface area (Å²) in [5, 5.41) is 2.89. The van der Waals surface area contributed by atoms with Gasteiger partial charge in [-0.3, -0.25) is 9.69 Å². The predicted octanol–water partition coefficient (Wildman–Crippen LogP) is 4.02. The quantitative estimate of drug-likeness (QED) is 0.720. The minimum absolute atomic E-state index is 0.0901. The number of nitrogens with one attached hydrogen (secondary N) is 1. The van der Waals surface area contributed by atoms with E-state index < -0.39 is 5.82 Å². The molecule has 1 amide bonds. The molecule has 0 unspecified atom stereocenters. The van der Waals surface area contributed by atoms with Gasteiger partial charge in [0.25, 0.3) is 0 Å². The highest BCUT2D eigenvalue weighted by molar-refractivity contribution is 7.98. The summed E-state index contributed by atoms with van der Waals surface area (Å²) in [6.45, 7) is 3.40. The highest BCUT2D eigenvalue weighted by atomic mass is 32.2. The van der Waals surface area contributed by atoms with E-state index in [1.54, 1.807) is 17.8 Å². The third kappa shape index (κ3) is 5.76. The molecule has 0 aromatic heterocycles. The zero-order chi connectivity index (χ0) is 18.2. The Bertz CT molecular complexity index is 707. The number of likely N-dealkylation sites (N-methyl/N-ethyl adjacent to an activating group) is 1. The molecule has 0 aliphatic heterocycles. The molecule has 2 aromatic rings. The average molecular weight is 362 g/mol. The van der Waals surface area contributed by atoms with Crippen molar-refractivity contribution in [1.29, 1.82) is 0 Å². The van der Waals surface area contributed by atoms with Crippen LogP contribution in [0.3, 0.4) is 0 Å². The number of methoxy groups -OCH3 is 1. The third-order valence-corrected chi connectivity index (χ3v) is 4.55. The van der Waals surface area contributed by atoms with Crippen LogP contribution in [-0.4, -0.2) is 37.3 Å². The molecule has 134 valence electrons. The Kier molecular flexibility index (Phi) is 7.28. The molecule has 2 aromatic carbocycles. The van der Waals surface area contributed by atoms with E-state index in [2.05, 4.69) is 5.32 Å². The van der Waals surface area contributed by atoms with Crippen LogP contribution < -0.4 is 10.1 Å². The molecule has 0 spiro atoms. The monoisotopic (exact) mass is 362 g/mol. The Hall–Kier alpha value is -2.05. The number of benzene rings is 2. The van der Waals surface area contributed by atoms with Crippen molar-refractivity contribution in [3.8, 4) is 5.75 Å². The Morgan fingerprint density at radius 3 is 2.52 bits per heavy atom. The lowest BCUT2D eigenvalue weighted by molar-refractivity contribution is -0.117. The number of amides is 1. The number of hydrogen-bond donors (Lipinski definition) is 1. The van der Waals surface area contributed by atoms with Crippen molar-refractivity contribution in [2.45, 2.75) is 18.4 Å². The van der Waals surface area contributed by atoms with Gasteiger partial charge in [0, 0.05) is 17.1 Å². The summed E-state index contributed by atoms with van der Waals surface area (Å²) in [5.74, 6) is -0.264. The molecular weight excluding hydrogens is 339 g/mol. The maximum atomic E-state index is 13.8. The first-order valence-corrected chi connectivity index (χ1v) is 9.26. The molecule has 2 rings (SSSR count). The summed E-state index contributed by atoms with van der Waals surface area (Å²) in [4.78, 5) is 15.3. The first kappa shape index (κ1) is 19.3. The summed E-state index contributed by atoms with van der Waals surface area (Å²) in [6, 6.07) is 12.6. The van der Waals surface area contributed by atoms with Crippen LogP contribution in [0.1, 0.15) is 12.5 Å². The molecule has 4 nitrogen and oxygen atoms in total. The Balaban J connectivity index is 1.93. The van der Waals surface area contributed by atoms with Crippen molar-refractivity contribution in [1.82, 2.24) is 4.90 Å². The fourth-order valence-corrected chi connectivity index (χ4v) is 2.83. The van der Waals surface area contributed by atoms with E-state index in [1.165, 1.54) is 13.2 Å². The van der Waals surface area contributed by atoms with Gasteiger partial charge in [-0.25, -0.2) is 4.39 Å². The molecule has 0 fully saturated rings. The summed E-state index contributed by atoms with van der Waals surface area (Å²) in [7, 11) is 1.44. The minimum Gasteiger partial charge on any atom is -0.494 e. The van der Waals surface area contributed by atoms with Crippen molar-refractivity contribution in [2.75, 3.05) is 31.8 Å². The number of anilines is 1.